The monoisotopic (exact) mass is 434 g/mol. The Kier molecular flexibility index (Phi) is 6.35. The molecule has 1 unspecified atom stereocenters. The van der Waals surface area contributed by atoms with Crippen LogP contribution in [-0.2, 0) is 9.59 Å². The molecule has 1 aliphatic heterocycles. The van der Waals surface area contributed by atoms with Gasteiger partial charge in [-0.25, -0.2) is 14.2 Å². The molecule has 150 valence electrons. The zero-order valence-electron chi connectivity index (χ0n) is 15.4. The van der Waals surface area contributed by atoms with Crippen molar-refractivity contribution in [3.8, 4) is 0 Å². The first-order chi connectivity index (χ1) is 13.8. The minimum Gasteiger partial charge on any atom is -0.478 e. The van der Waals surface area contributed by atoms with E-state index in [9.17, 15) is 19.1 Å². The highest BCUT2D eigenvalue weighted by molar-refractivity contribution is 6.42. The summed E-state index contributed by atoms with van der Waals surface area (Å²) in [5, 5.41) is 15.8. The summed E-state index contributed by atoms with van der Waals surface area (Å²) in [5.41, 5.74) is 1.60. The van der Waals surface area contributed by atoms with Crippen molar-refractivity contribution < 1.29 is 19.1 Å². The fourth-order valence-electron chi connectivity index (χ4n) is 3.06. The molecule has 0 bridgehead atoms. The number of carboxylic acid groups (broad SMARTS) is 1. The molecule has 0 saturated heterocycles. The van der Waals surface area contributed by atoms with Crippen LogP contribution in [0.3, 0.4) is 0 Å². The van der Waals surface area contributed by atoms with Gasteiger partial charge in [0.05, 0.1) is 27.4 Å². The minimum absolute atomic E-state index is 0.0290. The van der Waals surface area contributed by atoms with Gasteiger partial charge in [-0.2, -0.15) is 5.10 Å². The van der Waals surface area contributed by atoms with Gasteiger partial charge in [-0.15, -0.1) is 0 Å². The van der Waals surface area contributed by atoms with Gasteiger partial charge in [-0.1, -0.05) is 36.2 Å². The molecule has 0 radical (unpaired) electrons. The number of hydrazone groups is 1. The Labute approximate surface area is 177 Å². The lowest BCUT2D eigenvalue weighted by molar-refractivity contribution is -0.132. The van der Waals surface area contributed by atoms with Gasteiger partial charge in [0.25, 0.3) is 5.91 Å². The molecule has 5 nitrogen and oxygen atoms in total. The third-order valence-corrected chi connectivity index (χ3v) is 5.29. The predicted molar refractivity (Wildman–Crippen MR) is 112 cm³/mol. The molecule has 2 aromatic rings. The number of rotatable bonds is 6. The van der Waals surface area contributed by atoms with Crippen molar-refractivity contribution in [2.75, 3.05) is 5.01 Å². The number of benzene rings is 2. The maximum Gasteiger partial charge on any atom is 0.331 e. The SMILES string of the molecule is CCC1=NN(c2ccc(F)cc2)C(=O)C1CC(=Cc1ccc(Cl)c(Cl)c1)C(=O)O. The van der Waals surface area contributed by atoms with E-state index in [2.05, 4.69) is 5.10 Å². The average Bonchev–Trinajstić information content (AvgIpc) is 3.00. The van der Waals surface area contributed by atoms with Crippen LogP contribution in [0, 0.1) is 11.7 Å². The Morgan fingerprint density at radius 2 is 1.90 bits per heavy atom. The van der Waals surface area contributed by atoms with E-state index in [0.29, 0.717) is 33.4 Å². The molecule has 1 heterocycles. The summed E-state index contributed by atoms with van der Waals surface area (Å²) >= 11 is 11.9. The van der Waals surface area contributed by atoms with Crippen molar-refractivity contribution in [2.24, 2.45) is 11.0 Å². The molecule has 0 spiro atoms. The maximum atomic E-state index is 13.2. The standard InChI is InChI=1S/C21H17Cl2FN2O3/c1-2-19-16(20(27)26(25-19)15-6-4-14(24)5-7-15)11-13(21(28)29)9-12-3-8-17(22)18(23)10-12/h3-10,16H,2,11H2,1H3,(H,28,29). The molecule has 0 aromatic heterocycles. The van der Waals surface area contributed by atoms with Gasteiger partial charge in [0.1, 0.15) is 5.82 Å². The molecule has 0 fully saturated rings. The first kappa shape index (κ1) is 21.0. The summed E-state index contributed by atoms with van der Waals surface area (Å²) in [6.07, 6.45) is 1.91. The van der Waals surface area contributed by atoms with E-state index in [1.165, 1.54) is 35.4 Å². The fraction of sp³-hybridized carbons (Fsp3) is 0.190. The van der Waals surface area contributed by atoms with Crippen LogP contribution in [0.2, 0.25) is 10.0 Å². The van der Waals surface area contributed by atoms with Crippen molar-refractivity contribution in [1.29, 1.82) is 0 Å². The number of carbonyl (C=O) groups excluding carboxylic acids is 1. The second-order valence-electron chi connectivity index (χ2n) is 6.48. The fourth-order valence-corrected chi connectivity index (χ4v) is 3.36. The van der Waals surface area contributed by atoms with Crippen molar-refractivity contribution in [1.82, 2.24) is 0 Å². The average molecular weight is 435 g/mol. The molecule has 8 heteroatoms. The van der Waals surface area contributed by atoms with E-state index in [-0.39, 0.29) is 17.9 Å². The zero-order chi connectivity index (χ0) is 21.1. The Morgan fingerprint density at radius 3 is 2.48 bits per heavy atom. The highest BCUT2D eigenvalue weighted by Crippen LogP contribution is 2.30. The third kappa shape index (κ3) is 4.66. The largest absolute Gasteiger partial charge is 0.478 e. The molecule has 2 aromatic carbocycles. The van der Waals surface area contributed by atoms with Gasteiger partial charge in [0, 0.05) is 5.57 Å². The van der Waals surface area contributed by atoms with Crippen LogP contribution in [0.15, 0.2) is 53.1 Å². The summed E-state index contributed by atoms with van der Waals surface area (Å²) in [5.74, 6) is -2.63. The van der Waals surface area contributed by atoms with Gasteiger partial charge in [0.2, 0.25) is 0 Å². The summed E-state index contributed by atoms with van der Waals surface area (Å²) in [6, 6.07) is 10.2. The van der Waals surface area contributed by atoms with Gasteiger partial charge < -0.3 is 5.11 Å². The molecule has 0 saturated carbocycles. The van der Waals surface area contributed by atoms with E-state index < -0.39 is 17.7 Å². The minimum atomic E-state index is -1.14. The first-order valence-electron chi connectivity index (χ1n) is 8.86. The summed E-state index contributed by atoms with van der Waals surface area (Å²) in [7, 11) is 0. The van der Waals surface area contributed by atoms with Gasteiger partial charge >= 0.3 is 5.97 Å². The summed E-state index contributed by atoms with van der Waals surface area (Å²) in [4.78, 5) is 24.7. The summed E-state index contributed by atoms with van der Waals surface area (Å²) in [6.45, 7) is 1.84. The Hall–Kier alpha value is -2.70. The van der Waals surface area contributed by atoms with Crippen molar-refractivity contribution in [3.63, 3.8) is 0 Å². The van der Waals surface area contributed by atoms with Crippen LogP contribution in [0.4, 0.5) is 10.1 Å². The lowest BCUT2D eigenvalue weighted by atomic mass is 9.92. The first-order valence-corrected chi connectivity index (χ1v) is 9.61. The third-order valence-electron chi connectivity index (χ3n) is 4.55. The lowest BCUT2D eigenvalue weighted by Gasteiger charge is -2.15. The van der Waals surface area contributed by atoms with E-state index in [0.717, 1.165) is 0 Å². The molecular weight excluding hydrogens is 418 g/mol. The molecule has 29 heavy (non-hydrogen) atoms. The molecule has 1 N–H and O–H groups in total. The number of nitrogens with zero attached hydrogens (tertiary/aromatic N) is 2. The van der Waals surface area contributed by atoms with Gasteiger partial charge in [0.15, 0.2) is 0 Å². The van der Waals surface area contributed by atoms with Crippen molar-refractivity contribution in [2.45, 2.75) is 19.8 Å². The highest BCUT2D eigenvalue weighted by atomic mass is 35.5. The number of anilines is 1. The number of hydrogen-bond acceptors (Lipinski definition) is 3. The Bertz CT molecular complexity index is 1020. The number of halogens is 3. The molecule has 1 amide bonds. The van der Waals surface area contributed by atoms with E-state index in [1.54, 1.807) is 18.2 Å². The van der Waals surface area contributed by atoms with Crippen molar-refractivity contribution >= 4 is 52.6 Å². The van der Waals surface area contributed by atoms with E-state index >= 15 is 0 Å². The zero-order valence-corrected chi connectivity index (χ0v) is 16.9. The quantitative estimate of drug-likeness (QED) is 0.616. The smallest absolute Gasteiger partial charge is 0.331 e. The van der Waals surface area contributed by atoms with E-state index in [4.69, 9.17) is 23.2 Å². The topological polar surface area (TPSA) is 70.0 Å². The van der Waals surface area contributed by atoms with Crippen molar-refractivity contribution in [3.05, 3.63) is 69.5 Å². The Balaban J connectivity index is 1.89. The van der Waals surface area contributed by atoms with Crippen LogP contribution in [0.25, 0.3) is 6.08 Å². The molecular formula is C21H17Cl2FN2O3. The molecule has 3 rings (SSSR count). The Morgan fingerprint density at radius 1 is 1.21 bits per heavy atom. The molecule has 1 aliphatic rings. The second kappa shape index (κ2) is 8.76. The highest BCUT2D eigenvalue weighted by Gasteiger charge is 2.37. The molecule has 1 atom stereocenters. The van der Waals surface area contributed by atoms with Crippen LogP contribution < -0.4 is 5.01 Å². The summed E-state index contributed by atoms with van der Waals surface area (Å²) < 4.78 is 13.2. The molecule has 0 aliphatic carbocycles. The number of carboxylic acids is 1. The number of carbonyl (C=O) groups is 2. The van der Waals surface area contributed by atoms with Crippen LogP contribution in [0.5, 0.6) is 0 Å². The number of amides is 1. The van der Waals surface area contributed by atoms with Crippen LogP contribution in [0.1, 0.15) is 25.3 Å². The van der Waals surface area contributed by atoms with Gasteiger partial charge in [-0.05, 0) is 60.9 Å². The second-order valence-corrected chi connectivity index (χ2v) is 7.29. The van der Waals surface area contributed by atoms with Crippen LogP contribution >= 0.6 is 23.2 Å². The normalized spacial score (nSPS) is 16.9. The lowest BCUT2D eigenvalue weighted by Crippen LogP contribution is -2.28. The predicted octanol–water partition coefficient (Wildman–Crippen LogP) is 5.42. The maximum absolute atomic E-state index is 13.2. The number of aliphatic carboxylic acids is 1. The van der Waals surface area contributed by atoms with E-state index in [1.807, 2.05) is 6.92 Å². The van der Waals surface area contributed by atoms with Gasteiger partial charge in [-0.3, -0.25) is 4.79 Å². The van der Waals surface area contributed by atoms with Crippen LogP contribution in [-0.4, -0.2) is 22.7 Å². The number of hydrogen-bond donors (Lipinski definition) is 1.